The predicted molar refractivity (Wildman–Crippen MR) is 150 cm³/mol. The molecule has 4 rings (SSSR count). The third-order valence-electron chi connectivity index (χ3n) is 7.39. The van der Waals surface area contributed by atoms with Crippen LogP contribution in [0, 0.1) is 11.3 Å². The standard InChI is InChI=1S/C27H31Cl2N5O2S/c1-27(2)17(12-25(35)32-22(26(30)36)8-10-37-3)11-19(27)24-14-23(16-5-4-9-31-15-16)33-34(24)18-6-7-20(28)21(29)13-18/h4-7,9,13-15,17,19,22H,8,10-12H2,1-3H3,(H2,30,36)(H,32,35)/t17-,19-,22+/m1/s1. The molecule has 3 aromatic rings. The van der Waals surface area contributed by atoms with E-state index < -0.39 is 11.9 Å². The molecule has 1 saturated carbocycles. The molecule has 2 aromatic heterocycles. The summed E-state index contributed by atoms with van der Waals surface area (Å²) in [6.45, 7) is 4.35. The van der Waals surface area contributed by atoms with E-state index >= 15 is 0 Å². The molecule has 3 N–H and O–H groups in total. The van der Waals surface area contributed by atoms with Crippen LogP contribution in [0.15, 0.2) is 48.8 Å². The Morgan fingerprint density at radius 2 is 2.03 bits per heavy atom. The number of primary amides is 1. The zero-order valence-electron chi connectivity index (χ0n) is 21.1. The maximum atomic E-state index is 12.8. The normalized spacial score (nSPS) is 19.2. The maximum Gasteiger partial charge on any atom is 0.240 e. The summed E-state index contributed by atoms with van der Waals surface area (Å²) >= 11 is 14.1. The summed E-state index contributed by atoms with van der Waals surface area (Å²) in [5.74, 6) is 0.409. The highest BCUT2D eigenvalue weighted by Gasteiger charge is 2.50. The van der Waals surface area contributed by atoms with Crippen molar-refractivity contribution in [2.24, 2.45) is 17.1 Å². The maximum absolute atomic E-state index is 12.8. The Morgan fingerprint density at radius 3 is 2.65 bits per heavy atom. The molecule has 0 aliphatic heterocycles. The smallest absolute Gasteiger partial charge is 0.240 e. The van der Waals surface area contributed by atoms with Crippen LogP contribution >= 0.6 is 35.0 Å². The summed E-state index contributed by atoms with van der Waals surface area (Å²) in [5, 5.41) is 8.68. The van der Waals surface area contributed by atoms with Gasteiger partial charge in [0.05, 0.1) is 21.4 Å². The second kappa shape index (κ2) is 11.5. The Bertz CT molecular complexity index is 1280. The molecule has 2 heterocycles. The average Bonchev–Trinajstić information content (AvgIpc) is 3.30. The molecular weight excluding hydrogens is 529 g/mol. The van der Waals surface area contributed by atoms with Crippen LogP contribution in [-0.4, -0.2) is 44.6 Å². The quantitative estimate of drug-likeness (QED) is 0.342. The number of hydrogen-bond donors (Lipinski definition) is 2. The van der Waals surface area contributed by atoms with Gasteiger partial charge in [-0.25, -0.2) is 4.68 Å². The van der Waals surface area contributed by atoms with Crippen molar-refractivity contribution in [1.82, 2.24) is 20.1 Å². The van der Waals surface area contributed by atoms with E-state index in [9.17, 15) is 9.59 Å². The van der Waals surface area contributed by atoms with Crippen LogP contribution in [0.1, 0.15) is 44.7 Å². The van der Waals surface area contributed by atoms with Crippen molar-refractivity contribution in [1.29, 1.82) is 0 Å². The average molecular weight is 561 g/mol. The van der Waals surface area contributed by atoms with Gasteiger partial charge in [-0.05, 0) is 72.6 Å². The van der Waals surface area contributed by atoms with E-state index in [1.807, 2.05) is 35.2 Å². The van der Waals surface area contributed by atoms with E-state index in [0.717, 1.165) is 34.8 Å². The number of aromatic nitrogens is 3. The van der Waals surface area contributed by atoms with E-state index in [0.29, 0.717) is 22.9 Å². The molecule has 196 valence electrons. The molecule has 1 fully saturated rings. The fraction of sp³-hybridized carbons (Fsp3) is 0.407. The number of hydrogen-bond acceptors (Lipinski definition) is 5. The van der Waals surface area contributed by atoms with Gasteiger partial charge in [-0.15, -0.1) is 0 Å². The first-order chi connectivity index (χ1) is 17.6. The van der Waals surface area contributed by atoms with Gasteiger partial charge < -0.3 is 11.1 Å². The van der Waals surface area contributed by atoms with E-state index in [-0.39, 0.29) is 23.2 Å². The van der Waals surface area contributed by atoms with Crippen molar-refractivity contribution >= 4 is 46.8 Å². The lowest BCUT2D eigenvalue weighted by Gasteiger charge is -2.52. The number of nitrogens with zero attached hydrogens (tertiary/aromatic N) is 3. The van der Waals surface area contributed by atoms with Crippen LogP contribution in [0.5, 0.6) is 0 Å². The minimum absolute atomic E-state index is 0.143. The third kappa shape index (κ3) is 5.97. The van der Waals surface area contributed by atoms with Crippen LogP contribution in [0.4, 0.5) is 0 Å². The highest BCUT2D eigenvalue weighted by Crippen LogP contribution is 2.58. The summed E-state index contributed by atoms with van der Waals surface area (Å²) in [6.07, 6.45) is 7.15. The summed E-state index contributed by atoms with van der Waals surface area (Å²) < 4.78 is 1.92. The zero-order chi connectivity index (χ0) is 26.7. The zero-order valence-corrected chi connectivity index (χ0v) is 23.4. The van der Waals surface area contributed by atoms with Gasteiger partial charge in [-0.2, -0.15) is 16.9 Å². The lowest BCUT2D eigenvalue weighted by molar-refractivity contribution is -0.130. The molecule has 1 aliphatic carbocycles. The van der Waals surface area contributed by atoms with Crippen LogP contribution < -0.4 is 11.1 Å². The summed E-state index contributed by atoms with van der Waals surface area (Å²) in [5.41, 5.74) is 8.90. The molecule has 0 saturated heterocycles. The molecular formula is C27H31Cl2N5O2S. The SMILES string of the molecule is CSCC[C@H](NC(=O)C[C@H]1C[C@H](c2cc(-c3cccnc3)nn2-c2ccc(Cl)c(Cl)c2)C1(C)C)C(N)=O. The molecule has 0 unspecified atom stereocenters. The van der Waals surface area contributed by atoms with Crippen molar-refractivity contribution in [3.8, 4) is 16.9 Å². The topological polar surface area (TPSA) is 103 Å². The second-order valence-electron chi connectivity index (χ2n) is 10.0. The number of benzene rings is 1. The van der Waals surface area contributed by atoms with Gasteiger partial charge in [-0.1, -0.05) is 37.0 Å². The molecule has 37 heavy (non-hydrogen) atoms. The number of pyridine rings is 1. The lowest BCUT2D eigenvalue weighted by Crippen LogP contribution is -2.49. The fourth-order valence-electron chi connectivity index (χ4n) is 4.99. The van der Waals surface area contributed by atoms with Crippen molar-refractivity contribution in [3.63, 3.8) is 0 Å². The predicted octanol–water partition coefficient (Wildman–Crippen LogP) is 5.48. The van der Waals surface area contributed by atoms with Crippen molar-refractivity contribution < 1.29 is 9.59 Å². The largest absolute Gasteiger partial charge is 0.368 e. The van der Waals surface area contributed by atoms with Crippen molar-refractivity contribution in [2.75, 3.05) is 12.0 Å². The first-order valence-electron chi connectivity index (χ1n) is 12.1. The Morgan fingerprint density at radius 1 is 1.24 bits per heavy atom. The molecule has 0 bridgehead atoms. The van der Waals surface area contributed by atoms with Gasteiger partial charge in [0, 0.05) is 36.0 Å². The van der Waals surface area contributed by atoms with Crippen LogP contribution in [0.25, 0.3) is 16.9 Å². The molecule has 0 radical (unpaired) electrons. The van der Waals surface area contributed by atoms with E-state index in [4.69, 9.17) is 34.0 Å². The number of carbonyl (C=O) groups excluding carboxylic acids is 2. The van der Waals surface area contributed by atoms with Crippen LogP contribution in [0.2, 0.25) is 10.0 Å². The fourth-order valence-corrected chi connectivity index (χ4v) is 5.75. The highest BCUT2D eigenvalue weighted by atomic mass is 35.5. The second-order valence-corrected chi connectivity index (χ2v) is 11.8. The molecule has 1 aromatic carbocycles. The van der Waals surface area contributed by atoms with E-state index in [2.05, 4.69) is 30.2 Å². The highest BCUT2D eigenvalue weighted by molar-refractivity contribution is 7.98. The third-order valence-corrected chi connectivity index (χ3v) is 8.77. The minimum Gasteiger partial charge on any atom is -0.368 e. The molecule has 0 spiro atoms. The van der Waals surface area contributed by atoms with Crippen molar-refractivity contribution in [2.45, 2.75) is 45.1 Å². The molecule has 3 atom stereocenters. The first kappa shape index (κ1) is 27.5. The number of carbonyl (C=O) groups is 2. The molecule has 2 amide bonds. The number of rotatable bonds is 10. The van der Waals surface area contributed by atoms with Gasteiger partial charge in [0.1, 0.15) is 6.04 Å². The van der Waals surface area contributed by atoms with Gasteiger partial charge in [0.2, 0.25) is 11.8 Å². The number of thioether (sulfide) groups is 1. The van der Waals surface area contributed by atoms with E-state index in [1.54, 1.807) is 30.2 Å². The van der Waals surface area contributed by atoms with Gasteiger partial charge >= 0.3 is 0 Å². The van der Waals surface area contributed by atoms with Gasteiger partial charge in [0.15, 0.2) is 0 Å². The number of nitrogens with two attached hydrogens (primary N) is 1. The first-order valence-corrected chi connectivity index (χ1v) is 14.3. The van der Waals surface area contributed by atoms with Gasteiger partial charge in [0.25, 0.3) is 0 Å². The Balaban J connectivity index is 1.58. The van der Waals surface area contributed by atoms with Crippen LogP contribution in [0.3, 0.4) is 0 Å². The Hall–Kier alpha value is -2.55. The Labute approximate surface area is 231 Å². The number of nitrogens with one attached hydrogen (secondary N) is 1. The van der Waals surface area contributed by atoms with Gasteiger partial charge in [-0.3, -0.25) is 14.6 Å². The van der Waals surface area contributed by atoms with Crippen LogP contribution in [-0.2, 0) is 9.59 Å². The summed E-state index contributed by atoms with van der Waals surface area (Å²) in [7, 11) is 0. The number of halogens is 2. The van der Waals surface area contributed by atoms with E-state index in [1.165, 1.54) is 0 Å². The minimum atomic E-state index is -0.642. The molecule has 1 aliphatic rings. The summed E-state index contributed by atoms with van der Waals surface area (Å²) in [4.78, 5) is 28.8. The lowest BCUT2D eigenvalue weighted by atomic mass is 9.52. The number of amides is 2. The summed E-state index contributed by atoms with van der Waals surface area (Å²) in [6, 6.07) is 10.8. The Kier molecular flexibility index (Phi) is 8.51. The monoisotopic (exact) mass is 559 g/mol. The molecule has 7 nitrogen and oxygen atoms in total. The van der Waals surface area contributed by atoms with Crippen molar-refractivity contribution in [3.05, 3.63) is 64.5 Å². The molecule has 10 heteroatoms.